The van der Waals surface area contributed by atoms with Gasteiger partial charge in [0.05, 0.1) is 12.3 Å². The highest BCUT2D eigenvalue weighted by Gasteiger charge is 2.24. The molecule has 0 aliphatic carbocycles. The third-order valence-electron chi connectivity index (χ3n) is 3.72. The predicted molar refractivity (Wildman–Crippen MR) is 92.6 cm³/mol. The van der Waals surface area contributed by atoms with Gasteiger partial charge in [0.15, 0.2) is 5.13 Å². The van der Waals surface area contributed by atoms with Crippen LogP contribution in [0.1, 0.15) is 51.6 Å². The van der Waals surface area contributed by atoms with Gasteiger partial charge in [-0.3, -0.25) is 0 Å². The van der Waals surface area contributed by atoms with Gasteiger partial charge in [0.25, 0.3) is 0 Å². The highest BCUT2D eigenvalue weighted by Crippen LogP contribution is 2.34. The minimum Gasteiger partial charge on any atom is -0.383 e. The van der Waals surface area contributed by atoms with Crippen LogP contribution in [0.15, 0.2) is 0 Å². The van der Waals surface area contributed by atoms with Crippen molar-refractivity contribution in [1.82, 2.24) is 10.3 Å². The number of hydrogen-bond acceptors (Lipinski definition) is 5. The van der Waals surface area contributed by atoms with Crippen molar-refractivity contribution in [2.24, 2.45) is 0 Å². The smallest absolute Gasteiger partial charge is 0.185 e. The molecule has 0 spiro atoms. The van der Waals surface area contributed by atoms with E-state index >= 15 is 0 Å². The van der Waals surface area contributed by atoms with E-state index in [1.54, 1.807) is 7.11 Å². The van der Waals surface area contributed by atoms with E-state index in [0.717, 1.165) is 31.2 Å². The number of aromatic nitrogens is 1. The Morgan fingerprint density at radius 2 is 2.05 bits per heavy atom. The summed E-state index contributed by atoms with van der Waals surface area (Å²) in [6.07, 6.45) is 1.13. The van der Waals surface area contributed by atoms with Gasteiger partial charge in [-0.15, -0.1) is 11.3 Å². The average molecular weight is 314 g/mol. The molecule has 0 fully saturated rings. The molecule has 1 aromatic rings. The van der Waals surface area contributed by atoms with Crippen LogP contribution in [0.5, 0.6) is 0 Å². The molecule has 1 atom stereocenters. The summed E-state index contributed by atoms with van der Waals surface area (Å²) < 4.78 is 5.08. The van der Waals surface area contributed by atoms with E-state index < -0.39 is 0 Å². The van der Waals surface area contributed by atoms with Gasteiger partial charge < -0.3 is 15.0 Å². The Morgan fingerprint density at radius 3 is 2.57 bits per heavy atom. The fraction of sp³-hybridized carbons (Fsp3) is 0.812. The first kappa shape index (κ1) is 18.4. The van der Waals surface area contributed by atoms with Gasteiger partial charge >= 0.3 is 0 Å². The molecule has 0 bridgehead atoms. The van der Waals surface area contributed by atoms with Crippen LogP contribution in [0.4, 0.5) is 5.13 Å². The first-order valence-corrected chi connectivity index (χ1v) is 8.55. The lowest BCUT2D eigenvalue weighted by Crippen LogP contribution is -2.28. The quantitative estimate of drug-likeness (QED) is 0.746. The van der Waals surface area contributed by atoms with E-state index in [4.69, 9.17) is 9.72 Å². The van der Waals surface area contributed by atoms with Gasteiger partial charge in [-0.2, -0.15) is 0 Å². The van der Waals surface area contributed by atoms with E-state index in [2.05, 4.69) is 51.9 Å². The lowest BCUT2D eigenvalue weighted by Gasteiger charge is -2.23. The molecule has 0 aliphatic rings. The van der Waals surface area contributed by atoms with E-state index in [1.165, 1.54) is 10.6 Å². The molecule has 0 saturated carbocycles. The average Bonchev–Trinajstić information content (AvgIpc) is 2.86. The molecule has 0 aromatic carbocycles. The van der Waals surface area contributed by atoms with Crippen LogP contribution in [0.3, 0.4) is 0 Å². The molecule has 1 heterocycles. The Balaban J connectivity index is 2.91. The second kappa shape index (κ2) is 8.11. The van der Waals surface area contributed by atoms with E-state index in [0.29, 0.717) is 6.04 Å². The molecule has 1 N–H and O–H groups in total. The maximum atomic E-state index is 5.08. The van der Waals surface area contributed by atoms with Crippen molar-refractivity contribution in [2.45, 2.75) is 59.0 Å². The third-order valence-corrected chi connectivity index (χ3v) is 4.86. The Morgan fingerprint density at radius 1 is 1.38 bits per heavy atom. The predicted octanol–water partition coefficient (Wildman–Crippen LogP) is 3.41. The second-order valence-corrected chi connectivity index (χ2v) is 7.62. The standard InChI is InChI=1S/C16H31N3OS/c1-8-12(2)19(6)15-18-14(16(3,4)5)13(21-15)11-17-9-10-20-7/h12,17H,8-11H2,1-7H3. The lowest BCUT2D eigenvalue weighted by molar-refractivity contribution is 0.199. The maximum Gasteiger partial charge on any atom is 0.185 e. The molecular formula is C16H31N3OS. The Kier molecular flexibility index (Phi) is 7.10. The fourth-order valence-corrected chi connectivity index (χ4v) is 3.34. The number of rotatable bonds is 8. The highest BCUT2D eigenvalue weighted by molar-refractivity contribution is 7.15. The van der Waals surface area contributed by atoms with Gasteiger partial charge in [-0.1, -0.05) is 27.7 Å². The van der Waals surface area contributed by atoms with Crippen LogP contribution in [0.2, 0.25) is 0 Å². The summed E-state index contributed by atoms with van der Waals surface area (Å²) in [5, 5.41) is 4.56. The number of hydrogen-bond donors (Lipinski definition) is 1. The van der Waals surface area contributed by atoms with Crippen LogP contribution in [-0.2, 0) is 16.7 Å². The van der Waals surface area contributed by atoms with E-state index in [-0.39, 0.29) is 5.41 Å². The first-order valence-electron chi connectivity index (χ1n) is 7.73. The van der Waals surface area contributed by atoms with Crippen molar-refractivity contribution in [2.75, 3.05) is 32.2 Å². The minimum atomic E-state index is 0.0727. The number of methoxy groups -OCH3 is 1. The third kappa shape index (κ3) is 5.24. The van der Waals surface area contributed by atoms with E-state index in [1.807, 2.05) is 11.3 Å². The Hall–Kier alpha value is -0.650. The molecule has 4 nitrogen and oxygen atoms in total. The van der Waals surface area contributed by atoms with Gasteiger partial charge in [0.2, 0.25) is 0 Å². The van der Waals surface area contributed by atoms with E-state index in [9.17, 15) is 0 Å². The molecule has 0 saturated heterocycles. The molecule has 0 amide bonds. The zero-order valence-corrected chi connectivity index (χ0v) is 15.4. The second-order valence-electron chi connectivity index (χ2n) is 6.56. The van der Waals surface area contributed by atoms with Crippen molar-refractivity contribution in [1.29, 1.82) is 0 Å². The lowest BCUT2D eigenvalue weighted by atomic mass is 9.91. The zero-order valence-electron chi connectivity index (χ0n) is 14.6. The van der Waals surface area contributed by atoms with Crippen LogP contribution in [0, 0.1) is 0 Å². The molecule has 0 aliphatic heterocycles. The molecule has 5 heteroatoms. The van der Waals surface area contributed by atoms with Crippen LogP contribution in [0.25, 0.3) is 0 Å². The number of nitrogens with zero attached hydrogens (tertiary/aromatic N) is 2. The van der Waals surface area contributed by atoms with Gasteiger partial charge in [0.1, 0.15) is 0 Å². The largest absolute Gasteiger partial charge is 0.383 e. The summed E-state index contributed by atoms with van der Waals surface area (Å²) in [6, 6.07) is 0.512. The number of nitrogens with one attached hydrogen (secondary N) is 1. The molecule has 1 unspecified atom stereocenters. The Bertz CT molecular complexity index is 426. The molecule has 21 heavy (non-hydrogen) atoms. The molecule has 122 valence electrons. The summed E-state index contributed by atoms with van der Waals surface area (Å²) in [6.45, 7) is 13.6. The molecular weight excluding hydrogens is 282 g/mol. The summed E-state index contributed by atoms with van der Waals surface area (Å²) in [4.78, 5) is 8.55. The van der Waals surface area contributed by atoms with Crippen molar-refractivity contribution in [3.8, 4) is 0 Å². The topological polar surface area (TPSA) is 37.4 Å². The molecule has 0 radical (unpaired) electrons. The Labute approximate surface area is 133 Å². The number of thiazole rings is 1. The maximum absolute atomic E-state index is 5.08. The summed E-state index contributed by atoms with van der Waals surface area (Å²) in [5.74, 6) is 0. The zero-order chi connectivity index (χ0) is 16.0. The molecule has 1 rings (SSSR count). The summed E-state index contributed by atoms with van der Waals surface area (Å²) in [7, 11) is 3.87. The highest BCUT2D eigenvalue weighted by atomic mass is 32.1. The van der Waals surface area contributed by atoms with Crippen molar-refractivity contribution in [3.63, 3.8) is 0 Å². The van der Waals surface area contributed by atoms with Crippen molar-refractivity contribution < 1.29 is 4.74 Å². The minimum absolute atomic E-state index is 0.0727. The number of anilines is 1. The van der Waals surface area contributed by atoms with Crippen LogP contribution in [-0.4, -0.2) is 38.3 Å². The summed E-state index contributed by atoms with van der Waals surface area (Å²) in [5.41, 5.74) is 1.28. The van der Waals surface area contributed by atoms with Crippen LogP contribution >= 0.6 is 11.3 Å². The van der Waals surface area contributed by atoms with Crippen molar-refractivity contribution in [3.05, 3.63) is 10.6 Å². The normalized spacial score (nSPS) is 13.5. The monoisotopic (exact) mass is 313 g/mol. The summed E-state index contributed by atoms with van der Waals surface area (Å²) >= 11 is 1.81. The first-order chi connectivity index (χ1) is 9.81. The molecule has 1 aromatic heterocycles. The van der Waals surface area contributed by atoms with Crippen LogP contribution < -0.4 is 10.2 Å². The number of ether oxygens (including phenoxy) is 1. The van der Waals surface area contributed by atoms with Crippen molar-refractivity contribution >= 4 is 16.5 Å². The van der Waals surface area contributed by atoms with Gasteiger partial charge in [-0.05, 0) is 13.3 Å². The van der Waals surface area contributed by atoms with Gasteiger partial charge in [0, 0.05) is 43.6 Å². The van der Waals surface area contributed by atoms with Gasteiger partial charge in [-0.25, -0.2) is 4.98 Å². The SMILES string of the molecule is CCC(C)N(C)c1nc(C(C)(C)C)c(CNCCOC)s1. The fourth-order valence-electron chi connectivity index (χ4n) is 2.03.